The van der Waals surface area contributed by atoms with E-state index in [2.05, 4.69) is 10.4 Å². The van der Waals surface area contributed by atoms with Crippen LogP contribution in [0.4, 0.5) is 5.82 Å². The minimum Gasteiger partial charge on any atom is -0.493 e. The molecule has 0 unspecified atom stereocenters. The van der Waals surface area contributed by atoms with Gasteiger partial charge in [-0.25, -0.2) is 4.68 Å². The number of halogens is 2. The summed E-state index contributed by atoms with van der Waals surface area (Å²) in [6, 6.07) is 10.1. The van der Waals surface area contributed by atoms with Crippen molar-refractivity contribution >= 4 is 34.9 Å². The number of benzene rings is 2. The van der Waals surface area contributed by atoms with Crippen molar-refractivity contribution in [2.24, 2.45) is 0 Å². The first-order valence-corrected chi connectivity index (χ1v) is 9.30. The van der Waals surface area contributed by atoms with Crippen LogP contribution in [0.25, 0.3) is 0 Å². The summed E-state index contributed by atoms with van der Waals surface area (Å²) >= 11 is 12.5. The SMILES string of the molecule is COc1cc(C(=O)Nc2ccnn2Cc2c(Cl)cccc2Cl)cc(OC)c1OC. The lowest BCUT2D eigenvalue weighted by atomic mass is 10.1. The highest BCUT2D eigenvalue weighted by molar-refractivity contribution is 6.36. The fourth-order valence-electron chi connectivity index (χ4n) is 2.80. The molecule has 0 atom stereocenters. The molecule has 0 aliphatic rings. The van der Waals surface area contributed by atoms with Crippen molar-refractivity contribution in [1.82, 2.24) is 9.78 Å². The Labute approximate surface area is 178 Å². The number of carbonyl (C=O) groups is 1. The number of rotatable bonds is 7. The number of nitrogens with one attached hydrogen (secondary N) is 1. The van der Waals surface area contributed by atoms with Crippen molar-refractivity contribution in [2.45, 2.75) is 6.54 Å². The van der Waals surface area contributed by atoms with Crippen molar-refractivity contribution in [3.63, 3.8) is 0 Å². The van der Waals surface area contributed by atoms with E-state index >= 15 is 0 Å². The van der Waals surface area contributed by atoms with Gasteiger partial charge in [0.2, 0.25) is 5.75 Å². The van der Waals surface area contributed by atoms with Gasteiger partial charge in [0.25, 0.3) is 5.91 Å². The third-order valence-electron chi connectivity index (χ3n) is 4.25. The van der Waals surface area contributed by atoms with Gasteiger partial charge in [-0.15, -0.1) is 0 Å². The zero-order valence-electron chi connectivity index (χ0n) is 16.0. The Morgan fingerprint density at radius 1 is 1.03 bits per heavy atom. The zero-order valence-corrected chi connectivity index (χ0v) is 17.5. The van der Waals surface area contributed by atoms with Crippen LogP contribution in [-0.2, 0) is 6.54 Å². The van der Waals surface area contributed by atoms with E-state index in [1.54, 1.807) is 47.3 Å². The van der Waals surface area contributed by atoms with E-state index < -0.39 is 0 Å². The molecule has 1 amide bonds. The molecule has 152 valence electrons. The van der Waals surface area contributed by atoms with Crippen LogP contribution in [0.5, 0.6) is 17.2 Å². The van der Waals surface area contributed by atoms with Gasteiger partial charge in [0.05, 0.1) is 34.1 Å². The average molecular weight is 436 g/mol. The van der Waals surface area contributed by atoms with Gasteiger partial charge in [0.1, 0.15) is 5.82 Å². The van der Waals surface area contributed by atoms with Crippen molar-refractivity contribution in [2.75, 3.05) is 26.6 Å². The van der Waals surface area contributed by atoms with E-state index in [0.29, 0.717) is 50.8 Å². The first-order chi connectivity index (χ1) is 14.0. The van der Waals surface area contributed by atoms with Crippen molar-refractivity contribution in [1.29, 1.82) is 0 Å². The summed E-state index contributed by atoms with van der Waals surface area (Å²) in [5.74, 6) is 1.29. The molecule has 29 heavy (non-hydrogen) atoms. The molecular formula is C20H19Cl2N3O4. The number of hydrogen-bond acceptors (Lipinski definition) is 5. The summed E-state index contributed by atoms with van der Waals surface area (Å²) < 4.78 is 17.5. The van der Waals surface area contributed by atoms with Gasteiger partial charge in [-0.1, -0.05) is 29.3 Å². The van der Waals surface area contributed by atoms with Gasteiger partial charge in [-0.2, -0.15) is 5.10 Å². The van der Waals surface area contributed by atoms with Gasteiger partial charge in [0.15, 0.2) is 11.5 Å². The maximum Gasteiger partial charge on any atom is 0.257 e. The molecule has 0 spiro atoms. The molecule has 0 aliphatic carbocycles. The highest BCUT2D eigenvalue weighted by atomic mass is 35.5. The van der Waals surface area contributed by atoms with Crippen LogP contribution >= 0.6 is 23.2 Å². The molecule has 1 heterocycles. The summed E-state index contributed by atoms with van der Waals surface area (Å²) in [6.45, 7) is 0.302. The van der Waals surface area contributed by atoms with Crippen LogP contribution in [-0.4, -0.2) is 37.0 Å². The topological polar surface area (TPSA) is 74.6 Å². The Kier molecular flexibility index (Phi) is 6.51. The van der Waals surface area contributed by atoms with Crippen LogP contribution in [0.15, 0.2) is 42.6 Å². The third-order valence-corrected chi connectivity index (χ3v) is 4.96. The van der Waals surface area contributed by atoms with E-state index in [1.165, 1.54) is 21.3 Å². The standard InChI is InChI=1S/C20H19Cl2N3O4/c1-27-16-9-12(10-17(28-2)19(16)29-3)20(26)24-18-7-8-23-25(18)11-13-14(21)5-4-6-15(13)22/h4-10H,11H2,1-3H3,(H,24,26). The Morgan fingerprint density at radius 2 is 1.66 bits per heavy atom. The molecular weight excluding hydrogens is 417 g/mol. The lowest BCUT2D eigenvalue weighted by Gasteiger charge is -2.15. The number of anilines is 1. The smallest absolute Gasteiger partial charge is 0.257 e. The highest BCUT2D eigenvalue weighted by Crippen LogP contribution is 2.38. The normalized spacial score (nSPS) is 10.5. The molecule has 0 bridgehead atoms. The summed E-state index contributed by atoms with van der Waals surface area (Å²) in [6.07, 6.45) is 1.58. The van der Waals surface area contributed by atoms with Crippen LogP contribution in [0.1, 0.15) is 15.9 Å². The van der Waals surface area contributed by atoms with E-state index in [9.17, 15) is 4.79 Å². The molecule has 1 N–H and O–H groups in total. The predicted octanol–water partition coefficient (Wildman–Crippen LogP) is 4.52. The molecule has 2 aromatic carbocycles. The van der Waals surface area contributed by atoms with Gasteiger partial charge in [-0.3, -0.25) is 4.79 Å². The third kappa shape index (κ3) is 4.41. The number of carbonyl (C=O) groups excluding carboxylic acids is 1. The maximum absolute atomic E-state index is 12.8. The Balaban J connectivity index is 1.87. The van der Waals surface area contributed by atoms with Crippen LogP contribution in [0.3, 0.4) is 0 Å². The quantitative estimate of drug-likeness (QED) is 0.590. The fourth-order valence-corrected chi connectivity index (χ4v) is 3.32. The predicted molar refractivity (Wildman–Crippen MR) is 112 cm³/mol. The van der Waals surface area contributed by atoms with Gasteiger partial charge < -0.3 is 19.5 Å². The van der Waals surface area contributed by atoms with Crippen molar-refractivity contribution in [3.05, 3.63) is 63.8 Å². The first kappa shape index (κ1) is 20.8. The summed E-state index contributed by atoms with van der Waals surface area (Å²) in [5.41, 5.74) is 1.05. The zero-order chi connectivity index (χ0) is 21.0. The molecule has 7 nitrogen and oxygen atoms in total. The van der Waals surface area contributed by atoms with E-state index in [0.717, 1.165) is 0 Å². The van der Waals surface area contributed by atoms with Crippen LogP contribution in [0.2, 0.25) is 10.0 Å². The van der Waals surface area contributed by atoms with Crippen LogP contribution in [0, 0.1) is 0 Å². The number of methoxy groups -OCH3 is 3. The second-order valence-electron chi connectivity index (χ2n) is 5.94. The molecule has 3 aromatic rings. The number of nitrogens with zero attached hydrogens (tertiary/aromatic N) is 2. The summed E-state index contributed by atoms with van der Waals surface area (Å²) in [7, 11) is 4.47. The lowest BCUT2D eigenvalue weighted by molar-refractivity contribution is 0.102. The molecule has 1 aromatic heterocycles. The second-order valence-corrected chi connectivity index (χ2v) is 6.76. The molecule has 0 saturated carbocycles. The van der Waals surface area contributed by atoms with Gasteiger partial charge in [0, 0.05) is 27.2 Å². The molecule has 0 fully saturated rings. The van der Waals surface area contributed by atoms with Gasteiger partial charge >= 0.3 is 0 Å². The molecule has 3 rings (SSSR count). The fraction of sp³-hybridized carbons (Fsp3) is 0.200. The largest absolute Gasteiger partial charge is 0.493 e. The number of hydrogen-bond donors (Lipinski definition) is 1. The molecule has 0 aliphatic heterocycles. The summed E-state index contributed by atoms with van der Waals surface area (Å²) in [4.78, 5) is 12.8. The molecule has 9 heteroatoms. The van der Waals surface area contributed by atoms with Crippen molar-refractivity contribution in [3.8, 4) is 17.2 Å². The monoisotopic (exact) mass is 435 g/mol. The van der Waals surface area contributed by atoms with E-state index in [-0.39, 0.29) is 5.91 Å². The van der Waals surface area contributed by atoms with Crippen LogP contribution < -0.4 is 19.5 Å². The first-order valence-electron chi connectivity index (χ1n) is 8.54. The molecule has 0 radical (unpaired) electrons. The number of amides is 1. The summed E-state index contributed by atoms with van der Waals surface area (Å²) in [5, 5.41) is 8.13. The Hall–Kier alpha value is -2.90. The van der Waals surface area contributed by atoms with E-state index in [1.807, 2.05) is 0 Å². The highest BCUT2D eigenvalue weighted by Gasteiger charge is 2.18. The second kappa shape index (κ2) is 9.07. The Morgan fingerprint density at radius 3 is 2.21 bits per heavy atom. The minimum atomic E-state index is -0.365. The minimum absolute atomic E-state index is 0.302. The number of aromatic nitrogens is 2. The average Bonchev–Trinajstić information content (AvgIpc) is 3.16. The van der Waals surface area contributed by atoms with E-state index in [4.69, 9.17) is 37.4 Å². The van der Waals surface area contributed by atoms with Crippen molar-refractivity contribution < 1.29 is 19.0 Å². The lowest BCUT2D eigenvalue weighted by Crippen LogP contribution is -2.16. The maximum atomic E-state index is 12.8. The number of ether oxygens (including phenoxy) is 3. The van der Waals surface area contributed by atoms with Gasteiger partial charge in [-0.05, 0) is 24.3 Å². The molecule has 0 saturated heterocycles. The Bertz CT molecular complexity index is 991.